The highest BCUT2D eigenvalue weighted by atomic mass is 16.2. The van der Waals surface area contributed by atoms with Gasteiger partial charge in [0.25, 0.3) is 0 Å². The summed E-state index contributed by atoms with van der Waals surface area (Å²) in [5, 5.41) is 0. The predicted octanol–water partition coefficient (Wildman–Crippen LogP) is 2.44. The van der Waals surface area contributed by atoms with Gasteiger partial charge in [0.05, 0.1) is 0 Å². The van der Waals surface area contributed by atoms with Gasteiger partial charge in [0.15, 0.2) is 0 Å². The van der Waals surface area contributed by atoms with Gasteiger partial charge in [0.1, 0.15) is 0 Å². The van der Waals surface area contributed by atoms with E-state index in [2.05, 4.69) is 0 Å². The molecule has 0 aromatic rings. The summed E-state index contributed by atoms with van der Waals surface area (Å²) in [6.07, 6.45) is -2.09. The van der Waals surface area contributed by atoms with Crippen LogP contribution >= 0.6 is 0 Å². The van der Waals surface area contributed by atoms with E-state index in [9.17, 15) is 4.79 Å². The van der Waals surface area contributed by atoms with Crippen molar-refractivity contribution in [2.24, 2.45) is 0 Å². The third kappa shape index (κ3) is 6.20. The molecule has 0 aromatic heterocycles. The molecule has 72 valence electrons. The number of hydrogen-bond donors (Lipinski definition) is 0. The second-order valence-electron chi connectivity index (χ2n) is 2.96. The zero-order chi connectivity index (χ0) is 13.0. The fraction of sp³-hybridized carbons (Fsp3) is 0.900. The Labute approximate surface area is 81.6 Å². The highest BCUT2D eigenvalue weighted by Gasteiger charge is 2.01. The van der Waals surface area contributed by atoms with E-state index in [4.69, 9.17) is 5.48 Å². The topological polar surface area (TPSA) is 20.3 Å². The molecule has 0 radical (unpaired) electrons. The van der Waals surface area contributed by atoms with Crippen molar-refractivity contribution in [3.05, 3.63) is 0 Å². The number of carbonyl (C=O) groups excluding carboxylic acids is 1. The SMILES string of the molecule is [2H]C([2H])(CCCCC)C([2H])([2H])C(=O)N(C)C. The van der Waals surface area contributed by atoms with Crippen LogP contribution in [0.1, 0.15) is 50.8 Å². The van der Waals surface area contributed by atoms with Crippen molar-refractivity contribution in [2.75, 3.05) is 14.1 Å². The third-order valence-electron chi connectivity index (χ3n) is 1.51. The summed E-state index contributed by atoms with van der Waals surface area (Å²) in [6, 6.07) is 0. The Bertz CT molecular complexity index is 241. The zero-order valence-electron chi connectivity index (χ0n) is 12.2. The molecule has 12 heavy (non-hydrogen) atoms. The first-order chi connectivity index (χ1) is 7.16. The van der Waals surface area contributed by atoms with Crippen LogP contribution in [-0.4, -0.2) is 24.9 Å². The van der Waals surface area contributed by atoms with E-state index in [-0.39, 0.29) is 6.42 Å². The molecule has 0 spiro atoms. The number of hydrogen-bond acceptors (Lipinski definition) is 1. The normalized spacial score (nSPS) is 17.2. The molecule has 0 saturated heterocycles. The van der Waals surface area contributed by atoms with Crippen molar-refractivity contribution in [2.45, 2.75) is 45.4 Å². The lowest BCUT2D eigenvalue weighted by molar-refractivity contribution is -0.128. The summed E-state index contributed by atoms with van der Waals surface area (Å²) < 4.78 is 30.6. The number of rotatable bonds is 6. The summed E-state index contributed by atoms with van der Waals surface area (Å²) in [7, 11) is 2.87. The Kier molecular flexibility index (Phi) is 3.57. The molecular formula is C10H21NO. The first-order valence-electron chi connectivity index (χ1n) is 6.38. The highest BCUT2D eigenvalue weighted by Crippen LogP contribution is 2.05. The maximum atomic E-state index is 11.6. The lowest BCUT2D eigenvalue weighted by Gasteiger charge is -2.09. The standard InChI is InChI=1S/C10H21NO/c1-4-5-6-7-8-9-10(12)11(2)3/h4-9H2,1-3H3/i8D2,9D2. The summed E-state index contributed by atoms with van der Waals surface area (Å²) in [5.74, 6) is -0.811. The van der Waals surface area contributed by atoms with E-state index in [0.717, 1.165) is 17.7 Å². The summed E-state index contributed by atoms with van der Waals surface area (Å²) in [6.45, 7) is 2.00. The van der Waals surface area contributed by atoms with Gasteiger partial charge < -0.3 is 4.90 Å². The van der Waals surface area contributed by atoms with Gasteiger partial charge in [-0.05, 0) is 6.37 Å². The zero-order valence-corrected chi connectivity index (χ0v) is 8.18. The van der Waals surface area contributed by atoms with E-state index in [1.165, 1.54) is 14.1 Å². The number of nitrogens with zero attached hydrogens (tertiary/aromatic N) is 1. The molecule has 0 fully saturated rings. The fourth-order valence-electron chi connectivity index (χ4n) is 0.713. The van der Waals surface area contributed by atoms with E-state index >= 15 is 0 Å². The molecule has 0 unspecified atom stereocenters. The van der Waals surface area contributed by atoms with E-state index in [1.807, 2.05) is 6.92 Å². The van der Waals surface area contributed by atoms with Crippen LogP contribution in [-0.2, 0) is 4.79 Å². The number of amides is 1. The molecule has 2 nitrogen and oxygen atoms in total. The molecule has 0 aliphatic heterocycles. The van der Waals surface area contributed by atoms with E-state index in [0.29, 0.717) is 6.42 Å². The van der Waals surface area contributed by atoms with Crippen molar-refractivity contribution in [1.29, 1.82) is 0 Å². The van der Waals surface area contributed by atoms with Crippen molar-refractivity contribution in [3.8, 4) is 0 Å². The minimum atomic E-state index is -2.45. The Morgan fingerprint density at radius 2 is 2.00 bits per heavy atom. The highest BCUT2D eigenvalue weighted by molar-refractivity contribution is 5.75. The van der Waals surface area contributed by atoms with Gasteiger partial charge in [-0.15, -0.1) is 0 Å². The minimum absolute atomic E-state index is 0.0768. The molecular weight excluding hydrogens is 150 g/mol. The van der Waals surface area contributed by atoms with Crippen molar-refractivity contribution < 1.29 is 10.3 Å². The van der Waals surface area contributed by atoms with Gasteiger partial charge >= 0.3 is 0 Å². The Morgan fingerprint density at radius 3 is 2.50 bits per heavy atom. The number of carbonyl (C=O) groups is 1. The van der Waals surface area contributed by atoms with Crippen LogP contribution in [0.25, 0.3) is 0 Å². The molecule has 0 rings (SSSR count). The average Bonchev–Trinajstić information content (AvgIpc) is 2.16. The first-order valence-corrected chi connectivity index (χ1v) is 4.38. The van der Waals surface area contributed by atoms with Crippen molar-refractivity contribution in [3.63, 3.8) is 0 Å². The largest absolute Gasteiger partial charge is 0.349 e. The van der Waals surface area contributed by atoms with Crippen molar-refractivity contribution in [1.82, 2.24) is 4.90 Å². The maximum absolute atomic E-state index is 11.6. The van der Waals surface area contributed by atoms with Crippen LogP contribution in [0.3, 0.4) is 0 Å². The minimum Gasteiger partial charge on any atom is -0.349 e. The van der Waals surface area contributed by atoms with Crippen LogP contribution in [0.4, 0.5) is 0 Å². The van der Waals surface area contributed by atoms with Gasteiger partial charge in [-0.2, -0.15) is 0 Å². The average molecular weight is 175 g/mol. The smallest absolute Gasteiger partial charge is 0.222 e. The molecule has 0 atom stereocenters. The lowest BCUT2D eigenvalue weighted by atomic mass is 10.1. The van der Waals surface area contributed by atoms with E-state index in [1.54, 1.807) is 0 Å². The van der Waals surface area contributed by atoms with Gasteiger partial charge in [-0.1, -0.05) is 32.6 Å². The molecule has 0 bridgehead atoms. The summed E-state index contributed by atoms with van der Waals surface area (Å²) in [5.41, 5.74) is 0. The Hall–Kier alpha value is -0.530. The number of unbranched alkanes of at least 4 members (excludes halogenated alkanes) is 2. The van der Waals surface area contributed by atoms with Crippen LogP contribution in [0.15, 0.2) is 0 Å². The van der Waals surface area contributed by atoms with Gasteiger partial charge in [-0.25, -0.2) is 0 Å². The van der Waals surface area contributed by atoms with Crippen LogP contribution in [0.2, 0.25) is 0 Å². The molecule has 1 amide bonds. The second kappa shape index (κ2) is 7.14. The summed E-state index contributed by atoms with van der Waals surface area (Å²) >= 11 is 0. The lowest BCUT2D eigenvalue weighted by Crippen LogP contribution is -2.20. The van der Waals surface area contributed by atoms with Crippen LogP contribution in [0.5, 0.6) is 0 Å². The van der Waals surface area contributed by atoms with Gasteiger partial charge in [0, 0.05) is 26.0 Å². The molecule has 0 aliphatic carbocycles. The van der Waals surface area contributed by atoms with Crippen LogP contribution < -0.4 is 0 Å². The Balaban J connectivity index is 4.63. The Morgan fingerprint density at radius 1 is 1.33 bits per heavy atom. The predicted molar refractivity (Wildman–Crippen MR) is 52.1 cm³/mol. The quantitative estimate of drug-likeness (QED) is 0.568. The van der Waals surface area contributed by atoms with Gasteiger partial charge in [0.2, 0.25) is 5.91 Å². The summed E-state index contributed by atoms with van der Waals surface area (Å²) in [4.78, 5) is 12.6. The van der Waals surface area contributed by atoms with Crippen molar-refractivity contribution >= 4 is 5.91 Å². The molecule has 0 aromatic carbocycles. The van der Waals surface area contributed by atoms with Gasteiger partial charge in [-0.3, -0.25) is 4.79 Å². The fourth-order valence-corrected chi connectivity index (χ4v) is 0.713. The molecule has 0 saturated carbocycles. The first kappa shape index (κ1) is 6.01. The maximum Gasteiger partial charge on any atom is 0.222 e. The molecule has 0 N–H and O–H groups in total. The molecule has 0 heterocycles. The molecule has 2 heteroatoms. The second-order valence-corrected chi connectivity index (χ2v) is 2.96. The molecule has 0 aliphatic rings. The van der Waals surface area contributed by atoms with Crippen LogP contribution in [0, 0.1) is 0 Å². The third-order valence-corrected chi connectivity index (χ3v) is 1.51. The monoisotopic (exact) mass is 175 g/mol. The van der Waals surface area contributed by atoms with E-state index < -0.39 is 18.7 Å².